The summed E-state index contributed by atoms with van der Waals surface area (Å²) in [6.45, 7) is 1.89. The summed E-state index contributed by atoms with van der Waals surface area (Å²) in [5.41, 5.74) is 4.06. The Morgan fingerprint density at radius 1 is 1.00 bits per heavy atom. The molecule has 6 nitrogen and oxygen atoms in total. The Labute approximate surface area is 204 Å². The number of hydrogen-bond donors (Lipinski definition) is 1. The Morgan fingerprint density at radius 3 is 2.74 bits per heavy atom. The van der Waals surface area contributed by atoms with Crippen molar-refractivity contribution >= 4 is 52.1 Å². The maximum Gasteiger partial charge on any atom is 0.248 e. The number of rotatable bonds is 5. The molecule has 0 aliphatic carbocycles. The van der Waals surface area contributed by atoms with Crippen LogP contribution in [-0.4, -0.2) is 15.9 Å². The van der Waals surface area contributed by atoms with Crippen molar-refractivity contribution in [1.82, 2.24) is 9.97 Å². The van der Waals surface area contributed by atoms with E-state index in [4.69, 9.17) is 32.0 Å². The van der Waals surface area contributed by atoms with Gasteiger partial charge in [-0.2, -0.15) is 4.98 Å². The Kier molecular flexibility index (Phi) is 5.92. The fourth-order valence-corrected chi connectivity index (χ4v) is 3.88. The zero-order valence-electron chi connectivity index (χ0n) is 17.9. The molecule has 1 N–H and O–H groups in total. The number of anilines is 1. The smallest absolute Gasteiger partial charge is 0.248 e. The Balaban J connectivity index is 1.33. The molecule has 1 amide bonds. The average molecular weight is 490 g/mol. The van der Waals surface area contributed by atoms with Crippen LogP contribution in [-0.2, 0) is 4.79 Å². The second-order valence-corrected chi connectivity index (χ2v) is 8.31. The summed E-state index contributed by atoms with van der Waals surface area (Å²) in [6, 6.07) is 17.8. The maximum absolute atomic E-state index is 12.6. The van der Waals surface area contributed by atoms with Gasteiger partial charge in [0.05, 0.1) is 5.02 Å². The van der Waals surface area contributed by atoms with Crippen molar-refractivity contribution in [2.24, 2.45) is 0 Å². The molecule has 2 aromatic carbocycles. The fraction of sp³-hybridized carbons (Fsp3) is 0.0385. The minimum atomic E-state index is -0.307. The maximum atomic E-state index is 12.6. The second kappa shape index (κ2) is 9.17. The fourth-order valence-electron chi connectivity index (χ4n) is 3.49. The third-order valence-electron chi connectivity index (χ3n) is 5.21. The zero-order valence-corrected chi connectivity index (χ0v) is 19.4. The van der Waals surface area contributed by atoms with Gasteiger partial charge in [-0.3, -0.25) is 4.79 Å². The van der Waals surface area contributed by atoms with Crippen molar-refractivity contribution in [2.75, 3.05) is 5.32 Å². The van der Waals surface area contributed by atoms with E-state index in [-0.39, 0.29) is 5.91 Å². The highest BCUT2D eigenvalue weighted by Gasteiger charge is 2.14. The topological polar surface area (TPSA) is 81.2 Å². The Morgan fingerprint density at radius 2 is 1.88 bits per heavy atom. The molecule has 0 atom stereocenters. The van der Waals surface area contributed by atoms with Crippen molar-refractivity contribution < 1.29 is 13.6 Å². The molecule has 0 spiro atoms. The number of nitrogens with one attached hydrogen (secondary N) is 1. The van der Waals surface area contributed by atoms with Gasteiger partial charge in [0.1, 0.15) is 11.5 Å². The molecule has 0 saturated heterocycles. The number of furan rings is 1. The number of benzene rings is 2. The Hall–Kier alpha value is -3.87. The summed E-state index contributed by atoms with van der Waals surface area (Å²) >= 11 is 12.3. The van der Waals surface area contributed by atoms with Gasteiger partial charge in [-0.25, -0.2) is 4.98 Å². The van der Waals surface area contributed by atoms with Gasteiger partial charge in [0.15, 0.2) is 11.2 Å². The highest BCUT2D eigenvalue weighted by molar-refractivity contribution is 6.35. The van der Waals surface area contributed by atoms with E-state index in [1.54, 1.807) is 48.7 Å². The number of amides is 1. The molecule has 0 saturated carbocycles. The molecular weight excluding hydrogens is 473 g/mol. The van der Waals surface area contributed by atoms with Crippen molar-refractivity contribution in [3.63, 3.8) is 0 Å². The van der Waals surface area contributed by atoms with Crippen LogP contribution in [0.15, 0.2) is 81.8 Å². The molecule has 0 radical (unpaired) electrons. The molecule has 168 valence electrons. The molecule has 0 fully saturated rings. The van der Waals surface area contributed by atoms with Crippen LogP contribution in [0.25, 0.3) is 40.1 Å². The quantitative estimate of drug-likeness (QED) is 0.259. The number of pyridine rings is 1. The van der Waals surface area contributed by atoms with E-state index in [1.165, 1.54) is 6.08 Å². The van der Waals surface area contributed by atoms with E-state index in [0.29, 0.717) is 49.9 Å². The first-order valence-corrected chi connectivity index (χ1v) is 11.1. The zero-order chi connectivity index (χ0) is 23.7. The minimum Gasteiger partial charge on any atom is -0.457 e. The first-order valence-electron chi connectivity index (χ1n) is 10.3. The number of hydrogen-bond acceptors (Lipinski definition) is 5. The molecule has 3 aromatic heterocycles. The van der Waals surface area contributed by atoms with Crippen LogP contribution in [0.4, 0.5) is 5.69 Å². The van der Waals surface area contributed by atoms with E-state index in [9.17, 15) is 4.79 Å². The number of carbonyl (C=O) groups is 1. The highest BCUT2D eigenvalue weighted by atomic mass is 35.5. The third-order valence-corrected chi connectivity index (χ3v) is 5.77. The van der Waals surface area contributed by atoms with Crippen LogP contribution in [0.5, 0.6) is 0 Å². The third kappa shape index (κ3) is 4.46. The molecule has 5 aromatic rings. The van der Waals surface area contributed by atoms with Gasteiger partial charge >= 0.3 is 0 Å². The number of carbonyl (C=O) groups excluding carboxylic acids is 1. The molecule has 5 rings (SSSR count). The highest BCUT2D eigenvalue weighted by Crippen LogP contribution is 2.32. The standard InChI is InChI=1S/C26H17Cl2N3O3/c1-15-18(26-31-25-23(34-26)6-3-13-29-25)4-2-5-21(15)30-24(32)12-9-17-8-11-22(33-17)19-14-16(27)7-10-20(19)28/h2-14H,1H3,(H,30,32)/b12-9+. The first-order chi connectivity index (χ1) is 16.5. The molecule has 0 bridgehead atoms. The van der Waals surface area contributed by atoms with Crippen LogP contribution < -0.4 is 5.32 Å². The van der Waals surface area contributed by atoms with Crippen LogP contribution in [0, 0.1) is 6.92 Å². The van der Waals surface area contributed by atoms with Crippen molar-refractivity contribution in [1.29, 1.82) is 0 Å². The molecule has 0 aliphatic rings. The van der Waals surface area contributed by atoms with Crippen molar-refractivity contribution in [3.05, 3.63) is 94.3 Å². The number of nitrogens with zero attached hydrogens (tertiary/aromatic N) is 2. The second-order valence-electron chi connectivity index (χ2n) is 7.47. The lowest BCUT2D eigenvalue weighted by molar-refractivity contribution is -0.111. The van der Waals surface area contributed by atoms with E-state index in [0.717, 1.165) is 11.1 Å². The predicted octanol–water partition coefficient (Wildman–Crippen LogP) is 7.42. The molecule has 0 unspecified atom stereocenters. The van der Waals surface area contributed by atoms with E-state index in [1.807, 2.05) is 31.2 Å². The largest absolute Gasteiger partial charge is 0.457 e. The van der Waals surface area contributed by atoms with Crippen molar-refractivity contribution in [2.45, 2.75) is 6.92 Å². The molecule has 3 heterocycles. The van der Waals surface area contributed by atoms with E-state index >= 15 is 0 Å². The predicted molar refractivity (Wildman–Crippen MR) is 134 cm³/mol. The molecular formula is C26H17Cl2N3O3. The summed E-state index contributed by atoms with van der Waals surface area (Å²) in [6.07, 6.45) is 4.65. The molecule has 8 heteroatoms. The Bertz CT molecular complexity index is 1520. The van der Waals surface area contributed by atoms with Gasteiger partial charge in [-0.05, 0) is 73.2 Å². The minimum absolute atomic E-state index is 0.307. The number of halogens is 2. The lowest BCUT2D eigenvalue weighted by Gasteiger charge is -2.09. The normalized spacial score (nSPS) is 11.4. The average Bonchev–Trinajstić information content (AvgIpc) is 3.48. The van der Waals surface area contributed by atoms with Crippen LogP contribution in [0.2, 0.25) is 10.0 Å². The van der Waals surface area contributed by atoms with Crippen LogP contribution >= 0.6 is 23.2 Å². The summed E-state index contributed by atoms with van der Waals surface area (Å²) in [7, 11) is 0. The molecule has 34 heavy (non-hydrogen) atoms. The molecule has 0 aliphatic heterocycles. The van der Waals surface area contributed by atoms with Gasteiger partial charge in [0.25, 0.3) is 0 Å². The summed E-state index contributed by atoms with van der Waals surface area (Å²) < 4.78 is 11.6. The summed E-state index contributed by atoms with van der Waals surface area (Å²) in [4.78, 5) is 21.2. The number of aromatic nitrogens is 2. The van der Waals surface area contributed by atoms with Gasteiger partial charge in [0, 0.05) is 34.1 Å². The van der Waals surface area contributed by atoms with Crippen LogP contribution in [0.1, 0.15) is 11.3 Å². The lowest BCUT2D eigenvalue weighted by atomic mass is 10.1. The van der Waals surface area contributed by atoms with Crippen LogP contribution in [0.3, 0.4) is 0 Å². The van der Waals surface area contributed by atoms with E-state index in [2.05, 4.69) is 15.3 Å². The van der Waals surface area contributed by atoms with Gasteiger partial charge in [0.2, 0.25) is 11.8 Å². The number of fused-ring (bicyclic) bond motifs is 1. The van der Waals surface area contributed by atoms with E-state index < -0.39 is 0 Å². The lowest BCUT2D eigenvalue weighted by Crippen LogP contribution is -2.09. The van der Waals surface area contributed by atoms with Gasteiger partial charge in [-0.1, -0.05) is 29.3 Å². The SMILES string of the molecule is Cc1c(NC(=O)/C=C/c2ccc(-c3cc(Cl)ccc3Cl)o2)cccc1-c1nc2ncccc2o1. The summed E-state index contributed by atoms with van der Waals surface area (Å²) in [5.74, 6) is 1.20. The van der Waals surface area contributed by atoms with Gasteiger partial charge < -0.3 is 14.2 Å². The van der Waals surface area contributed by atoms with Crippen molar-refractivity contribution in [3.8, 4) is 22.8 Å². The monoisotopic (exact) mass is 489 g/mol. The summed E-state index contributed by atoms with van der Waals surface area (Å²) in [5, 5.41) is 3.97. The van der Waals surface area contributed by atoms with Gasteiger partial charge in [-0.15, -0.1) is 0 Å². The first kappa shape index (κ1) is 21.9. The number of oxazole rings is 1.